The Kier molecular flexibility index (Phi) is 6.02. The van der Waals surface area contributed by atoms with E-state index in [0.717, 1.165) is 43.2 Å². The van der Waals surface area contributed by atoms with Crippen molar-refractivity contribution < 1.29 is 13.2 Å². The van der Waals surface area contributed by atoms with Gasteiger partial charge in [-0.1, -0.05) is 6.07 Å². The van der Waals surface area contributed by atoms with Crippen LogP contribution in [0.2, 0.25) is 0 Å². The molecule has 0 unspecified atom stereocenters. The second kappa shape index (κ2) is 8.64. The molecular formula is C23H21ClF3N5O. The maximum atomic E-state index is 12.8. The molecule has 0 fully saturated rings. The molecule has 1 aromatic carbocycles. The van der Waals surface area contributed by atoms with Crippen molar-refractivity contribution in [3.05, 3.63) is 76.0 Å². The van der Waals surface area contributed by atoms with Crippen molar-refractivity contribution in [1.29, 1.82) is 0 Å². The van der Waals surface area contributed by atoms with E-state index in [-0.39, 0.29) is 23.7 Å². The SMILES string of the molecule is Cl.Cn1c2c(c3ccc(-n4ccc(-c5ccc(C(F)(F)F)nn5)cc4=O)cc31)CNCCC2. The number of alkyl halides is 3. The van der Waals surface area contributed by atoms with E-state index in [0.29, 0.717) is 5.56 Å². The van der Waals surface area contributed by atoms with Gasteiger partial charge in [-0.05, 0) is 55.3 Å². The van der Waals surface area contributed by atoms with Crippen LogP contribution in [0.3, 0.4) is 0 Å². The minimum absolute atomic E-state index is 0. The summed E-state index contributed by atoms with van der Waals surface area (Å²) in [6.07, 6.45) is -0.865. The number of nitrogens with one attached hydrogen (secondary N) is 1. The topological polar surface area (TPSA) is 64.7 Å². The standard InChI is InChI=1S/C23H20F3N5O.ClH/c1-30-19-3-2-9-27-13-17(19)16-5-4-15(12-20(16)30)31-10-8-14(11-22(31)32)18-6-7-21(29-28-18)23(24,25)26;/h4-8,10-12,27H,2-3,9,13H2,1H3;1H. The number of pyridine rings is 1. The largest absolute Gasteiger partial charge is 0.435 e. The zero-order chi connectivity index (χ0) is 22.5. The number of aryl methyl sites for hydroxylation is 1. The Bertz CT molecular complexity index is 1380. The number of rotatable bonds is 2. The molecule has 4 heterocycles. The van der Waals surface area contributed by atoms with E-state index >= 15 is 0 Å². The lowest BCUT2D eigenvalue weighted by molar-refractivity contribution is -0.141. The van der Waals surface area contributed by atoms with Crippen LogP contribution >= 0.6 is 12.4 Å². The molecule has 0 saturated carbocycles. The van der Waals surface area contributed by atoms with Crippen LogP contribution in [0, 0.1) is 0 Å². The fourth-order valence-corrected chi connectivity index (χ4v) is 4.30. The summed E-state index contributed by atoms with van der Waals surface area (Å²) in [5.74, 6) is 0. The maximum Gasteiger partial charge on any atom is 0.435 e. The fourth-order valence-electron chi connectivity index (χ4n) is 4.30. The summed E-state index contributed by atoms with van der Waals surface area (Å²) in [6.45, 7) is 1.83. The molecule has 0 aliphatic carbocycles. The first-order valence-corrected chi connectivity index (χ1v) is 10.3. The third kappa shape index (κ3) is 4.14. The lowest BCUT2D eigenvalue weighted by atomic mass is 10.1. The molecule has 6 nitrogen and oxygen atoms in total. The van der Waals surface area contributed by atoms with E-state index < -0.39 is 11.9 Å². The Labute approximate surface area is 193 Å². The van der Waals surface area contributed by atoms with Gasteiger partial charge >= 0.3 is 6.18 Å². The smallest absolute Gasteiger partial charge is 0.347 e. The molecule has 172 valence electrons. The minimum atomic E-state index is -4.56. The van der Waals surface area contributed by atoms with Crippen molar-refractivity contribution in [3.8, 4) is 16.9 Å². The molecule has 0 spiro atoms. The molecule has 3 aromatic heterocycles. The molecule has 0 bridgehead atoms. The van der Waals surface area contributed by atoms with E-state index in [4.69, 9.17) is 0 Å². The van der Waals surface area contributed by atoms with Crippen LogP contribution in [0.15, 0.2) is 53.5 Å². The van der Waals surface area contributed by atoms with Crippen molar-refractivity contribution in [1.82, 2.24) is 24.6 Å². The molecule has 1 aliphatic rings. The van der Waals surface area contributed by atoms with Crippen molar-refractivity contribution >= 4 is 23.3 Å². The van der Waals surface area contributed by atoms with Crippen molar-refractivity contribution in [2.45, 2.75) is 25.6 Å². The average Bonchev–Trinajstić information content (AvgIpc) is 2.93. The Morgan fingerprint density at radius 3 is 2.58 bits per heavy atom. The van der Waals surface area contributed by atoms with Gasteiger partial charge in [0.1, 0.15) is 0 Å². The highest BCUT2D eigenvalue weighted by atomic mass is 35.5. The van der Waals surface area contributed by atoms with Gasteiger partial charge in [0.2, 0.25) is 0 Å². The number of benzene rings is 1. The molecule has 10 heteroatoms. The number of aromatic nitrogens is 4. The zero-order valence-electron chi connectivity index (χ0n) is 17.7. The third-order valence-corrected chi connectivity index (χ3v) is 5.94. The van der Waals surface area contributed by atoms with Gasteiger partial charge in [-0.2, -0.15) is 13.2 Å². The quantitative estimate of drug-likeness (QED) is 0.470. The highest BCUT2D eigenvalue weighted by Crippen LogP contribution is 2.30. The van der Waals surface area contributed by atoms with Gasteiger partial charge in [-0.15, -0.1) is 22.6 Å². The molecule has 1 aliphatic heterocycles. The summed E-state index contributed by atoms with van der Waals surface area (Å²) < 4.78 is 41.8. The van der Waals surface area contributed by atoms with Crippen molar-refractivity contribution in [3.63, 3.8) is 0 Å². The number of fused-ring (bicyclic) bond motifs is 3. The van der Waals surface area contributed by atoms with Crippen LogP contribution in [0.25, 0.3) is 27.8 Å². The fraction of sp³-hybridized carbons (Fsp3) is 0.261. The molecule has 0 radical (unpaired) electrons. The summed E-state index contributed by atoms with van der Waals surface area (Å²) >= 11 is 0. The maximum absolute atomic E-state index is 12.8. The molecule has 5 rings (SSSR count). The predicted molar refractivity (Wildman–Crippen MR) is 122 cm³/mol. The van der Waals surface area contributed by atoms with Gasteiger partial charge in [0.25, 0.3) is 5.56 Å². The van der Waals surface area contributed by atoms with Gasteiger partial charge in [0, 0.05) is 42.5 Å². The summed E-state index contributed by atoms with van der Waals surface area (Å²) in [5, 5.41) is 11.5. The summed E-state index contributed by atoms with van der Waals surface area (Å²) in [4.78, 5) is 12.8. The molecule has 0 amide bonds. The van der Waals surface area contributed by atoms with Crippen molar-refractivity contribution in [2.24, 2.45) is 7.05 Å². The second-order valence-corrected chi connectivity index (χ2v) is 7.89. The van der Waals surface area contributed by atoms with Crippen LogP contribution in [0.1, 0.15) is 23.4 Å². The number of nitrogens with zero attached hydrogens (tertiary/aromatic N) is 4. The van der Waals surface area contributed by atoms with Gasteiger partial charge < -0.3 is 9.88 Å². The van der Waals surface area contributed by atoms with E-state index in [9.17, 15) is 18.0 Å². The monoisotopic (exact) mass is 475 g/mol. The van der Waals surface area contributed by atoms with Gasteiger partial charge in [0.05, 0.1) is 16.9 Å². The normalized spacial score (nSPS) is 13.9. The first kappa shape index (κ1) is 23.0. The van der Waals surface area contributed by atoms with Crippen LogP contribution < -0.4 is 10.9 Å². The highest BCUT2D eigenvalue weighted by Gasteiger charge is 2.32. The lowest BCUT2D eigenvalue weighted by Gasteiger charge is -2.09. The summed E-state index contributed by atoms with van der Waals surface area (Å²) in [5.41, 5.74) is 3.62. The van der Waals surface area contributed by atoms with Crippen LogP contribution in [-0.4, -0.2) is 25.9 Å². The molecular weight excluding hydrogens is 455 g/mol. The van der Waals surface area contributed by atoms with E-state index in [1.54, 1.807) is 12.3 Å². The summed E-state index contributed by atoms with van der Waals surface area (Å²) in [6, 6.07) is 11.0. The second-order valence-electron chi connectivity index (χ2n) is 7.89. The first-order valence-electron chi connectivity index (χ1n) is 10.3. The van der Waals surface area contributed by atoms with E-state index in [1.165, 1.54) is 33.3 Å². The number of hydrogen-bond donors (Lipinski definition) is 1. The van der Waals surface area contributed by atoms with Gasteiger partial charge in [-0.25, -0.2) is 0 Å². The lowest BCUT2D eigenvalue weighted by Crippen LogP contribution is -2.17. The molecule has 1 N–H and O–H groups in total. The van der Waals surface area contributed by atoms with Gasteiger partial charge in [0.15, 0.2) is 5.69 Å². The summed E-state index contributed by atoms with van der Waals surface area (Å²) in [7, 11) is 2.05. The molecule has 33 heavy (non-hydrogen) atoms. The van der Waals surface area contributed by atoms with Crippen LogP contribution in [0.4, 0.5) is 13.2 Å². The minimum Gasteiger partial charge on any atom is -0.347 e. The van der Waals surface area contributed by atoms with Crippen LogP contribution in [0.5, 0.6) is 0 Å². The van der Waals surface area contributed by atoms with Gasteiger partial charge in [-0.3, -0.25) is 9.36 Å². The average molecular weight is 476 g/mol. The van der Waals surface area contributed by atoms with Crippen LogP contribution in [-0.2, 0) is 26.2 Å². The zero-order valence-corrected chi connectivity index (χ0v) is 18.5. The highest BCUT2D eigenvalue weighted by molar-refractivity contribution is 5.87. The Morgan fingerprint density at radius 1 is 1.06 bits per heavy atom. The molecule has 0 saturated heterocycles. The Balaban J connectivity index is 0.00000259. The number of hydrogen-bond acceptors (Lipinski definition) is 4. The first-order chi connectivity index (χ1) is 15.3. The third-order valence-electron chi connectivity index (χ3n) is 5.94. The number of halogens is 4. The van der Waals surface area contributed by atoms with E-state index in [1.807, 2.05) is 25.2 Å². The van der Waals surface area contributed by atoms with E-state index in [2.05, 4.69) is 20.1 Å². The Morgan fingerprint density at radius 2 is 1.88 bits per heavy atom. The Hall–Kier alpha value is -3.17. The molecule has 4 aromatic rings. The predicted octanol–water partition coefficient (Wildman–Crippen LogP) is 4.26. The van der Waals surface area contributed by atoms with Crippen molar-refractivity contribution in [2.75, 3.05) is 6.54 Å². The molecule has 0 atom stereocenters.